The second kappa shape index (κ2) is 6.43. The molecular weight excluding hydrogens is 298 g/mol. The second-order valence-electron chi connectivity index (χ2n) is 5.80. The molecule has 0 saturated carbocycles. The summed E-state index contributed by atoms with van der Waals surface area (Å²) in [4.78, 5) is 1.82. The third-order valence-electron chi connectivity index (χ3n) is 3.39. The summed E-state index contributed by atoms with van der Waals surface area (Å²) < 4.78 is 22.5. The minimum absolute atomic E-state index is 0.358. The van der Waals surface area contributed by atoms with E-state index in [0.717, 1.165) is 5.56 Å². The molecule has 0 spiro atoms. The van der Waals surface area contributed by atoms with Crippen molar-refractivity contribution in [1.29, 1.82) is 0 Å². The van der Waals surface area contributed by atoms with Crippen LogP contribution < -0.4 is 0 Å². The van der Waals surface area contributed by atoms with Gasteiger partial charge in [0.05, 0.1) is 10.9 Å². The molecule has 0 amide bonds. The summed E-state index contributed by atoms with van der Waals surface area (Å²) in [6.07, 6.45) is 0.559. The molecule has 0 aliphatic heterocycles. The summed E-state index contributed by atoms with van der Waals surface area (Å²) in [5.74, 6) is 0. The van der Waals surface area contributed by atoms with Gasteiger partial charge >= 0.3 is 0 Å². The van der Waals surface area contributed by atoms with Gasteiger partial charge in [0.2, 0.25) is 0 Å². The van der Waals surface area contributed by atoms with Crippen LogP contribution in [0.1, 0.15) is 25.5 Å². The molecule has 6 heteroatoms. The lowest BCUT2D eigenvalue weighted by molar-refractivity contribution is 0.123. The molecule has 1 aromatic carbocycles. The molecule has 0 aromatic heterocycles. The molecule has 0 saturated heterocycles. The Morgan fingerprint density at radius 3 is 2.25 bits per heavy atom. The van der Waals surface area contributed by atoms with Crippen LogP contribution in [0.2, 0.25) is 5.02 Å². The highest BCUT2D eigenvalue weighted by molar-refractivity contribution is 7.92. The van der Waals surface area contributed by atoms with Crippen molar-refractivity contribution >= 4 is 21.4 Å². The van der Waals surface area contributed by atoms with Gasteiger partial charge in [-0.25, -0.2) is 8.42 Å². The molecule has 114 valence electrons. The van der Waals surface area contributed by atoms with Crippen molar-refractivity contribution in [1.82, 2.24) is 4.90 Å². The van der Waals surface area contributed by atoms with Gasteiger partial charge in [0.25, 0.3) is 0 Å². The molecule has 0 fully saturated rings. The van der Waals surface area contributed by atoms with E-state index < -0.39 is 20.7 Å². The lowest BCUT2D eigenvalue weighted by Gasteiger charge is -2.30. The van der Waals surface area contributed by atoms with E-state index in [4.69, 9.17) is 11.6 Å². The molecule has 1 unspecified atom stereocenters. The standard InChI is InChI=1S/C14H22ClNO3S/c1-14(2,20(4,18)19)10-16(3)9-13(17)11-5-7-12(15)8-6-11/h5-8,13,17H,9-10H2,1-4H3. The second-order valence-corrected chi connectivity index (χ2v) is 8.88. The van der Waals surface area contributed by atoms with Gasteiger partial charge in [0.1, 0.15) is 0 Å². The Kier molecular flexibility index (Phi) is 5.61. The molecule has 1 rings (SSSR count). The Morgan fingerprint density at radius 2 is 1.80 bits per heavy atom. The minimum Gasteiger partial charge on any atom is -0.387 e. The Morgan fingerprint density at radius 1 is 1.30 bits per heavy atom. The number of rotatable bonds is 6. The zero-order valence-corrected chi connectivity index (χ0v) is 13.9. The molecule has 1 aromatic rings. The maximum absolute atomic E-state index is 11.7. The number of aliphatic hydroxyl groups is 1. The summed E-state index contributed by atoms with van der Waals surface area (Å²) in [5, 5.41) is 10.8. The third-order valence-corrected chi connectivity index (χ3v) is 5.78. The predicted molar refractivity (Wildman–Crippen MR) is 82.8 cm³/mol. The van der Waals surface area contributed by atoms with Crippen LogP contribution in [-0.4, -0.2) is 49.6 Å². The molecule has 1 atom stereocenters. The first-order valence-corrected chi connectivity index (χ1v) is 8.61. The SMILES string of the molecule is CN(CC(O)c1ccc(Cl)cc1)CC(C)(C)S(C)(=O)=O. The smallest absolute Gasteiger partial charge is 0.153 e. The minimum atomic E-state index is -3.14. The van der Waals surface area contributed by atoms with Gasteiger partial charge in [-0.3, -0.25) is 0 Å². The number of likely N-dealkylation sites (N-methyl/N-ethyl adjacent to an activating group) is 1. The van der Waals surface area contributed by atoms with E-state index in [9.17, 15) is 13.5 Å². The van der Waals surface area contributed by atoms with Crippen LogP contribution in [0.4, 0.5) is 0 Å². The Balaban J connectivity index is 2.67. The molecule has 0 aliphatic carbocycles. The number of hydrogen-bond acceptors (Lipinski definition) is 4. The summed E-state index contributed by atoms with van der Waals surface area (Å²) in [5.41, 5.74) is 0.762. The molecule has 1 N–H and O–H groups in total. The van der Waals surface area contributed by atoms with Gasteiger partial charge in [0, 0.05) is 24.4 Å². The molecule has 4 nitrogen and oxygen atoms in total. The highest BCUT2D eigenvalue weighted by atomic mass is 35.5. The van der Waals surface area contributed by atoms with Gasteiger partial charge in [-0.2, -0.15) is 0 Å². The average molecular weight is 320 g/mol. The van der Waals surface area contributed by atoms with Gasteiger partial charge < -0.3 is 10.0 Å². The van der Waals surface area contributed by atoms with Crippen LogP contribution in [0, 0.1) is 0 Å². The summed E-state index contributed by atoms with van der Waals surface area (Å²) in [7, 11) is -1.35. The maximum Gasteiger partial charge on any atom is 0.153 e. The fourth-order valence-electron chi connectivity index (χ4n) is 1.92. The Bertz CT molecular complexity index is 540. The first-order valence-electron chi connectivity index (χ1n) is 6.34. The number of nitrogens with zero attached hydrogens (tertiary/aromatic N) is 1. The zero-order valence-electron chi connectivity index (χ0n) is 12.3. The third kappa shape index (κ3) is 4.74. The fraction of sp³-hybridized carbons (Fsp3) is 0.571. The zero-order chi connectivity index (χ0) is 15.6. The van der Waals surface area contributed by atoms with E-state index in [1.807, 2.05) is 4.90 Å². The van der Waals surface area contributed by atoms with Gasteiger partial charge in [-0.05, 0) is 38.6 Å². The average Bonchev–Trinajstić information content (AvgIpc) is 2.27. The van der Waals surface area contributed by atoms with Crippen LogP contribution in [-0.2, 0) is 9.84 Å². The highest BCUT2D eigenvalue weighted by Crippen LogP contribution is 2.20. The van der Waals surface area contributed by atoms with Crippen LogP contribution in [0.3, 0.4) is 0 Å². The number of aliphatic hydroxyl groups excluding tert-OH is 1. The van der Waals surface area contributed by atoms with Crippen LogP contribution in [0.5, 0.6) is 0 Å². The molecular formula is C14H22ClNO3S. The monoisotopic (exact) mass is 319 g/mol. The van der Waals surface area contributed by atoms with E-state index in [-0.39, 0.29) is 0 Å². The van der Waals surface area contributed by atoms with Crippen LogP contribution >= 0.6 is 11.6 Å². The summed E-state index contributed by atoms with van der Waals surface area (Å²) in [6, 6.07) is 6.98. The van der Waals surface area contributed by atoms with Crippen molar-refractivity contribution in [3.05, 3.63) is 34.9 Å². The van der Waals surface area contributed by atoms with E-state index in [1.54, 1.807) is 45.2 Å². The largest absolute Gasteiger partial charge is 0.387 e. The van der Waals surface area contributed by atoms with Crippen molar-refractivity contribution < 1.29 is 13.5 Å². The number of hydrogen-bond donors (Lipinski definition) is 1. The van der Waals surface area contributed by atoms with Gasteiger partial charge in [-0.1, -0.05) is 23.7 Å². The molecule has 0 radical (unpaired) electrons. The van der Waals surface area contributed by atoms with Gasteiger partial charge in [-0.15, -0.1) is 0 Å². The lowest BCUT2D eigenvalue weighted by Crippen LogP contribution is -2.43. The normalized spacial score (nSPS) is 14.6. The first-order chi connectivity index (χ1) is 9.03. The fourth-order valence-corrected chi connectivity index (χ4v) is 2.50. The molecule has 20 heavy (non-hydrogen) atoms. The van der Waals surface area contributed by atoms with Crippen LogP contribution in [0.25, 0.3) is 0 Å². The van der Waals surface area contributed by atoms with Crippen molar-refractivity contribution in [2.24, 2.45) is 0 Å². The van der Waals surface area contributed by atoms with E-state index in [0.29, 0.717) is 18.1 Å². The van der Waals surface area contributed by atoms with Crippen LogP contribution in [0.15, 0.2) is 24.3 Å². The van der Waals surface area contributed by atoms with Crippen molar-refractivity contribution in [2.75, 3.05) is 26.4 Å². The quantitative estimate of drug-likeness (QED) is 0.872. The first kappa shape index (κ1) is 17.4. The summed E-state index contributed by atoms with van der Waals surface area (Å²) in [6.45, 7) is 4.10. The van der Waals surface area contributed by atoms with Crippen molar-refractivity contribution in [3.63, 3.8) is 0 Å². The predicted octanol–water partition coefficient (Wildman–Crippen LogP) is 2.13. The number of halogens is 1. The van der Waals surface area contributed by atoms with Gasteiger partial charge in [0.15, 0.2) is 9.84 Å². The number of sulfone groups is 1. The summed E-state index contributed by atoms with van der Waals surface area (Å²) >= 11 is 5.80. The van der Waals surface area contributed by atoms with E-state index in [2.05, 4.69) is 0 Å². The maximum atomic E-state index is 11.7. The Labute approximate surface area is 126 Å². The van der Waals surface area contributed by atoms with Crippen molar-refractivity contribution in [3.8, 4) is 0 Å². The van der Waals surface area contributed by atoms with E-state index in [1.165, 1.54) is 6.26 Å². The molecule has 0 bridgehead atoms. The van der Waals surface area contributed by atoms with E-state index >= 15 is 0 Å². The lowest BCUT2D eigenvalue weighted by atomic mass is 10.1. The molecule has 0 aliphatic rings. The topological polar surface area (TPSA) is 57.6 Å². The van der Waals surface area contributed by atoms with Crippen molar-refractivity contribution in [2.45, 2.75) is 24.7 Å². The Hall–Kier alpha value is -0.620. The number of benzene rings is 1. The highest BCUT2D eigenvalue weighted by Gasteiger charge is 2.31. The molecule has 0 heterocycles.